The van der Waals surface area contributed by atoms with Crippen molar-refractivity contribution < 1.29 is 14.3 Å². The lowest BCUT2D eigenvalue weighted by Crippen LogP contribution is -2.36. The number of carbonyl (C=O) groups is 1. The van der Waals surface area contributed by atoms with Crippen LogP contribution in [0.25, 0.3) is 33.5 Å². The first-order chi connectivity index (χ1) is 19.6. The van der Waals surface area contributed by atoms with Gasteiger partial charge in [0.1, 0.15) is 23.8 Å². The zero-order valence-corrected chi connectivity index (χ0v) is 22.3. The third kappa shape index (κ3) is 4.16. The van der Waals surface area contributed by atoms with Crippen LogP contribution >= 0.6 is 0 Å². The van der Waals surface area contributed by atoms with E-state index in [9.17, 15) is 4.79 Å². The Kier molecular flexibility index (Phi) is 5.96. The maximum Gasteiger partial charge on any atom is 0.228 e. The van der Waals surface area contributed by atoms with Crippen LogP contribution in [0.4, 0.5) is 11.5 Å². The number of nitrogens with one attached hydrogen (secondary N) is 2. The van der Waals surface area contributed by atoms with E-state index < -0.39 is 0 Å². The fourth-order valence-corrected chi connectivity index (χ4v) is 5.41. The van der Waals surface area contributed by atoms with Gasteiger partial charge in [-0.15, -0.1) is 5.10 Å². The van der Waals surface area contributed by atoms with Gasteiger partial charge in [-0.25, -0.2) is 14.2 Å². The molecule has 0 atom stereocenters. The zero-order chi connectivity index (χ0) is 27.2. The number of aromatic nitrogens is 6. The molecule has 0 saturated carbocycles. The first kappa shape index (κ1) is 24.3. The van der Waals surface area contributed by atoms with Crippen LogP contribution in [0.3, 0.4) is 0 Å². The van der Waals surface area contributed by atoms with Gasteiger partial charge >= 0.3 is 0 Å². The average Bonchev–Trinajstić information content (AvgIpc) is 3.58. The minimum Gasteiger partial charge on any atom is -0.494 e. The van der Waals surface area contributed by atoms with Gasteiger partial charge in [0.05, 0.1) is 41.2 Å². The summed E-state index contributed by atoms with van der Waals surface area (Å²) in [6.07, 6.45) is 8.69. The monoisotopic (exact) mass is 539 g/mol. The number of amides is 1. The quantitative estimate of drug-likeness (QED) is 0.346. The highest BCUT2D eigenvalue weighted by molar-refractivity contribution is 6.02. The number of fused-ring (bicyclic) bond motifs is 3. The van der Waals surface area contributed by atoms with E-state index in [0.717, 1.165) is 49.2 Å². The highest BCUT2D eigenvalue weighted by Gasteiger charge is 2.26. The third-order valence-corrected chi connectivity index (χ3v) is 7.64. The first-order valence-corrected chi connectivity index (χ1v) is 13.3. The number of anilines is 2. The fraction of sp³-hybridized carbons (Fsp3) is 0.321. The van der Waals surface area contributed by atoms with Gasteiger partial charge in [-0.05, 0) is 45.1 Å². The third-order valence-electron chi connectivity index (χ3n) is 7.64. The Morgan fingerprint density at radius 2 is 2.05 bits per heavy atom. The Morgan fingerprint density at radius 3 is 2.90 bits per heavy atom. The van der Waals surface area contributed by atoms with Crippen molar-refractivity contribution in [3.63, 3.8) is 0 Å². The molecule has 2 N–H and O–H groups in total. The van der Waals surface area contributed by atoms with Gasteiger partial charge in [-0.1, -0.05) is 0 Å². The number of hydrogen-bond acceptors (Lipinski definition) is 9. The van der Waals surface area contributed by atoms with Gasteiger partial charge in [0.2, 0.25) is 5.91 Å². The maximum absolute atomic E-state index is 13.3. The maximum atomic E-state index is 13.3. The minimum absolute atomic E-state index is 0.0273. The molecule has 0 aliphatic carbocycles. The second kappa shape index (κ2) is 9.79. The van der Waals surface area contributed by atoms with E-state index >= 15 is 0 Å². The summed E-state index contributed by atoms with van der Waals surface area (Å²) in [4.78, 5) is 24.8. The molecule has 2 aliphatic heterocycles. The van der Waals surface area contributed by atoms with Gasteiger partial charge in [0, 0.05) is 43.2 Å². The smallest absolute Gasteiger partial charge is 0.228 e. The number of ether oxygens (including phenoxy) is 2. The van der Waals surface area contributed by atoms with Gasteiger partial charge < -0.3 is 25.0 Å². The summed E-state index contributed by atoms with van der Waals surface area (Å²) in [5.74, 6) is 1.69. The lowest BCUT2D eigenvalue weighted by molar-refractivity contribution is -0.121. The van der Waals surface area contributed by atoms with Crippen molar-refractivity contribution in [1.82, 2.24) is 34.3 Å². The molecule has 0 bridgehead atoms. The summed E-state index contributed by atoms with van der Waals surface area (Å²) >= 11 is 0. The first-order valence-electron chi connectivity index (χ1n) is 13.3. The largest absolute Gasteiger partial charge is 0.494 e. The minimum atomic E-state index is -0.0637. The Hall–Kier alpha value is -4.71. The Labute approximate surface area is 229 Å². The molecule has 7 rings (SSSR count). The van der Waals surface area contributed by atoms with E-state index in [2.05, 4.69) is 32.7 Å². The Bertz CT molecular complexity index is 1740. The van der Waals surface area contributed by atoms with Gasteiger partial charge in [0.25, 0.3) is 0 Å². The number of piperidine rings is 1. The topological polar surface area (TPSA) is 124 Å². The van der Waals surface area contributed by atoms with E-state index in [1.165, 1.54) is 0 Å². The van der Waals surface area contributed by atoms with Crippen molar-refractivity contribution in [2.45, 2.75) is 12.8 Å². The number of likely N-dealkylation sites (tertiary alicyclic amines) is 1. The summed E-state index contributed by atoms with van der Waals surface area (Å²) in [5.41, 5.74) is 4.47. The van der Waals surface area contributed by atoms with Crippen LogP contribution in [0, 0.1) is 5.92 Å². The van der Waals surface area contributed by atoms with E-state index in [-0.39, 0.29) is 11.8 Å². The molecule has 5 aromatic rings. The normalized spacial score (nSPS) is 15.9. The summed E-state index contributed by atoms with van der Waals surface area (Å²) in [6.45, 7) is 3.07. The molecule has 1 saturated heterocycles. The van der Waals surface area contributed by atoms with Crippen molar-refractivity contribution in [2.24, 2.45) is 5.92 Å². The molecule has 2 aliphatic rings. The van der Waals surface area contributed by atoms with E-state index in [4.69, 9.17) is 19.6 Å². The van der Waals surface area contributed by atoms with Crippen molar-refractivity contribution in [2.75, 3.05) is 51.0 Å². The van der Waals surface area contributed by atoms with Gasteiger partial charge in [0.15, 0.2) is 11.5 Å². The van der Waals surface area contributed by atoms with Crippen molar-refractivity contribution in [3.8, 4) is 28.4 Å². The van der Waals surface area contributed by atoms with Crippen LogP contribution in [0.5, 0.6) is 11.5 Å². The van der Waals surface area contributed by atoms with Crippen LogP contribution in [0.15, 0.2) is 49.1 Å². The average molecular weight is 540 g/mol. The molecule has 1 fully saturated rings. The lowest BCUT2D eigenvalue weighted by atomic mass is 9.96. The number of rotatable bonds is 5. The molecule has 1 aromatic carbocycles. The number of methoxy groups -OCH3 is 1. The molecule has 4 aromatic heterocycles. The summed E-state index contributed by atoms with van der Waals surface area (Å²) in [5, 5.41) is 16.5. The highest BCUT2D eigenvalue weighted by Crippen LogP contribution is 2.39. The standard InChI is InChI=1S/C28H29N9O3/c1-35-9-4-17(5-10-35)28(38)33-26-19-15-31-20(18-16-32-36-8-3-6-30-27(18)36)12-22(19)37(34-26)23-14-24-21(13-25(23)39-2)29-7-11-40-24/h3,6,8,12-17,29H,4-5,7,9-11H2,1-2H3,(H,33,34,38). The molecular weight excluding hydrogens is 510 g/mol. The predicted octanol–water partition coefficient (Wildman–Crippen LogP) is 3.22. The zero-order valence-electron chi connectivity index (χ0n) is 22.3. The molecule has 12 nitrogen and oxygen atoms in total. The lowest BCUT2D eigenvalue weighted by Gasteiger charge is -2.27. The fourth-order valence-electron chi connectivity index (χ4n) is 5.41. The number of pyridine rings is 1. The second-order valence-corrected chi connectivity index (χ2v) is 10.2. The van der Waals surface area contributed by atoms with E-state index in [1.807, 2.05) is 30.5 Å². The van der Waals surface area contributed by atoms with Gasteiger partial charge in [-0.2, -0.15) is 5.10 Å². The van der Waals surface area contributed by atoms with Gasteiger partial charge in [-0.3, -0.25) is 9.78 Å². The molecule has 0 unspecified atom stereocenters. The molecular formula is C28H29N9O3. The van der Waals surface area contributed by atoms with Crippen LogP contribution < -0.4 is 20.1 Å². The SMILES string of the molecule is COc1cc2c(cc1-n1nc(NC(=O)C3CCN(C)CC3)c3cnc(-c4cnn5cccnc45)cc31)OCCN2. The number of hydrogen-bond donors (Lipinski definition) is 2. The summed E-state index contributed by atoms with van der Waals surface area (Å²) < 4.78 is 15.2. The van der Waals surface area contributed by atoms with E-state index in [1.54, 1.807) is 34.9 Å². The van der Waals surface area contributed by atoms with E-state index in [0.29, 0.717) is 46.3 Å². The summed E-state index contributed by atoms with van der Waals surface area (Å²) in [6, 6.07) is 7.59. The van der Waals surface area contributed by atoms with Crippen molar-refractivity contribution in [1.29, 1.82) is 0 Å². The summed E-state index contributed by atoms with van der Waals surface area (Å²) in [7, 11) is 3.71. The molecule has 0 radical (unpaired) electrons. The second-order valence-electron chi connectivity index (χ2n) is 10.2. The van der Waals surface area contributed by atoms with Crippen LogP contribution in [0.1, 0.15) is 12.8 Å². The van der Waals surface area contributed by atoms with Crippen LogP contribution in [0.2, 0.25) is 0 Å². The number of nitrogens with zero attached hydrogens (tertiary/aromatic N) is 7. The number of carbonyl (C=O) groups excluding carboxylic acids is 1. The Balaban J connectivity index is 1.37. The van der Waals surface area contributed by atoms with Crippen LogP contribution in [-0.4, -0.2) is 80.6 Å². The van der Waals surface area contributed by atoms with Crippen LogP contribution in [-0.2, 0) is 4.79 Å². The van der Waals surface area contributed by atoms with Crippen molar-refractivity contribution >= 4 is 34.0 Å². The molecule has 1 amide bonds. The molecule has 12 heteroatoms. The highest BCUT2D eigenvalue weighted by atomic mass is 16.5. The molecule has 40 heavy (non-hydrogen) atoms. The molecule has 204 valence electrons. The predicted molar refractivity (Wildman–Crippen MR) is 150 cm³/mol. The molecule has 0 spiro atoms. The number of benzene rings is 1. The molecule has 6 heterocycles. The Morgan fingerprint density at radius 1 is 1.18 bits per heavy atom. The van der Waals surface area contributed by atoms with Crippen molar-refractivity contribution in [3.05, 3.63) is 49.1 Å².